The summed E-state index contributed by atoms with van der Waals surface area (Å²) in [4.78, 5) is 0. The average molecular weight is 419 g/mol. The van der Waals surface area contributed by atoms with Crippen molar-refractivity contribution in [3.63, 3.8) is 0 Å². The second-order valence-electron chi connectivity index (χ2n) is 12.0. The van der Waals surface area contributed by atoms with Crippen LogP contribution in [0.4, 0.5) is 0 Å². The Morgan fingerprint density at radius 1 is 1.17 bits per heavy atom. The number of fused-ring (bicyclic) bond motifs is 5. The molecule has 166 valence electrons. The molecule has 2 unspecified atom stereocenters. The van der Waals surface area contributed by atoms with Gasteiger partial charge < -0.3 is 9.53 Å². The number of aliphatic hydroxyl groups excluding tert-OH is 1. The number of allylic oxidation sites excluding steroid dienone is 2. The van der Waals surface area contributed by atoms with Gasteiger partial charge in [-0.2, -0.15) is 0 Å². The fraction of sp³-hybridized carbons (Fsp3) is 0.923. The maximum absolute atomic E-state index is 9.53. The normalized spacial score (nSPS) is 43.2. The van der Waals surface area contributed by atoms with Gasteiger partial charge in [0.15, 0.2) is 8.32 Å². The van der Waals surface area contributed by atoms with Gasteiger partial charge in [0.25, 0.3) is 0 Å². The zero-order valence-electron chi connectivity index (χ0n) is 19.8. The summed E-state index contributed by atoms with van der Waals surface area (Å²) < 4.78 is 6.99. The number of aliphatic hydroxyl groups is 1. The van der Waals surface area contributed by atoms with Crippen molar-refractivity contribution in [2.75, 3.05) is 6.61 Å². The quantitative estimate of drug-likeness (QED) is 0.373. The van der Waals surface area contributed by atoms with Gasteiger partial charge in [-0.25, -0.2) is 0 Å². The molecule has 0 amide bonds. The molecule has 4 aliphatic carbocycles. The molecule has 0 aromatic carbocycles. The van der Waals surface area contributed by atoms with Gasteiger partial charge in [-0.15, -0.1) is 0 Å². The van der Waals surface area contributed by atoms with E-state index in [4.69, 9.17) is 4.43 Å². The zero-order chi connectivity index (χ0) is 20.9. The van der Waals surface area contributed by atoms with Crippen LogP contribution in [-0.4, -0.2) is 26.1 Å². The lowest BCUT2D eigenvalue weighted by molar-refractivity contribution is -0.0671. The van der Waals surface area contributed by atoms with Crippen molar-refractivity contribution in [1.29, 1.82) is 0 Å². The molecule has 0 radical (unpaired) electrons. The van der Waals surface area contributed by atoms with E-state index in [2.05, 4.69) is 39.9 Å². The van der Waals surface area contributed by atoms with Crippen LogP contribution in [0.1, 0.15) is 85.0 Å². The molecule has 29 heavy (non-hydrogen) atoms. The zero-order valence-corrected chi connectivity index (χ0v) is 20.8. The maximum Gasteiger partial charge on any atom is 0.187 e. The van der Waals surface area contributed by atoms with E-state index in [1.807, 2.05) is 5.57 Å². The Labute approximate surface area is 181 Å². The highest BCUT2D eigenvalue weighted by Gasteiger charge is 2.59. The van der Waals surface area contributed by atoms with E-state index < -0.39 is 8.32 Å². The van der Waals surface area contributed by atoms with Gasteiger partial charge in [-0.1, -0.05) is 38.8 Å². The molecule has 0 aromatic heterocycles. The van der Waals surface area contributed by atoms with E-state index in [1.54, 1.807) is 0 Å². The topological polar surface area (TPSA) is 29.5 Å². The predicted molar refractivity (Wildman–Crippen MR) is 124 cm³/mol. The molecular weight excluding hydrogens is 372 g/mol. The first kappa shape index (κ1) is 22.1. The summed E-state index contributed by atoms with van der Waals surface area (Å²) in [5.41, 5.74) is 2.78. The van der Waals surface area contributed by atoms with Crippen molar-refractivity contribution in [3.8, 4) is 0 Å². The van der Waals surface area contributed by atoms with Crippen LogP contribution in [0.15, 0.2) is 11.6 Å². The summed E-state index contributed by atoms with van der Waals surface area (Å²) in [5.74, 6) is 3.05. The van der Waals surface area contributed by atoms with Gasteiger partial charge >= 0.3 is 0 Å². The molecule has 3 fully saturated rings. The number of rotatable bonds is 6. The minimum absolute atomic E-state index is 0.294. The van der Waals surface area contributed by atoms with Crippen molar-refractivity contribution < 1.29 is 9.53 Å². The van der Waals surface area contributed by atoms with Crippen molar-refractivity contribution in [2.45, 2.75) is 110 Å². The lowest BCUT2D eigenvalue weighted by Gasteiger charge is -2.58. The Hall–Kier alpha value is -0.123. The van der Waals surface area contributed by atoms with Crippen LogP contribution in [0.3, 0.4) is 0 Å². The minimum Gasteiger partial charge on any atom is -0.414 e. The van der Waals surface area contributed by atoms with Gasteiger partial charge in [-0.3, -0.25) is 0 Å². The largest absolute Gasteiger partial charge is 0.414 e. The lowest BCUT2D eigenvalue weighted by atomic mass is 9.47. The summed E-state index contributed by atoms with van der Waals surface area (Å²) in [6.45, 7) is 12.3. The van der Waals surface area contributed by atoms with Gasteiger partial charge in [-0.05, 0) is 111 Å². The first-order chi connectivity index (χ1) is 13.8. The van der Waals surface area contributed by atoms with Crippen molar-refractivity contribution >= 4 is 8.32 Å². The lowest BCUT2D eigenvalue weighted by Crippen LogP contribution is -2.52. The number of hydrogen-bond acceptors (Lipinski definition) is 2. The summed E-state index contributed by atoms with van der Waals surface area (Å²) in [7, 11) is -1.74. The van der Waals surface area contributed by atoms with E-state index in [9.17, 15) is 5.11 Å². The summed E-state index contributed by atoms with van der Waals surface area (Å²) in [6.07, 6.45) is 17.0. The summed E-state index contributed by atoms with van der Waals surface area (Å²) in [5, 5.41) is 9.53. The molecule has 0 saturated heterocycles. The highest BCUT2D eigenvalue weighted by Crippen LogP contribution is 2.66. The molecule has 3 heteroatoms. The standard InChI is InChI=1S/C26H46O2Si/c1-6-26-15-8-7-9-20(26)10-11-21-22-12-13-24(25(22,3)16-14-23(21)26)28-29(4,5)18-19(2)17-27/h10,19,21-24,27H,6-9,11-18H2,1-5H3/t19?,21-,22-,23+,24?,25-,26-/m0/s1. The Morgan fingerprint density at radius 3 is 2.69 bits per heavy atom. The fourth-order valence-electron chi connectivity index (χ4n) is 8.62. The average Bonchev–Trinajstić information content (AvgIpc) is 3.02. The van der Waals surface area contributed by atoms with E-state index >= 15 is 0 Å². The van der Waals surface area contributed by atoms with E-state index in [-0.39, 0.29) is 0 Å². The predicted octanol–water partition coefficient (Wildman–Crippen LogP) is 6.95. The monoisotopic (exact) mass is 418 g/mol. The van der Waals surface area contributed by atoms with E-state index in [0.717, 1.165) is 23.8 Å². The Kier molecular flexibility index (Phi) is 6.16. The van der Waals surface area contributed by atoms with E-state index in [1.165, 1.54) is 64.2 Å². The molecule has 0 spiro atoms. The van der Waals surface area contributed by atoms with Crippen molar-refractivity contribution in [2.24, 2.45) is 34.5 Å². The highest BCUT2D eigenvalue weighted by molar-refractivity contribution is 6.71. The third-order valence-electron chi connectivity index (χ3n) is 9.90. The first-order valence-corrected chi connectivity index (χ1v) is 15.9. The van der Waals surface area contributed by atoms with E-state index in [0.29, 0.717) is 29.5 Å². The smallest absolute Gasteiger partial charge is 0.187 e. The molecular formula is C26H46O2Si. The van der Waals surface area contributed by atoms with Crippen LogP contribution in [0.2, 0.25) is 19.1 Å². The Morgan fingerprint density at radius 2 is 1.97 bits per heavy atom. The molecule has 4 aliphatic rings. The maximum atomic E-state index is 9.53. The third-order valence-corrected chi connectivity index (χ3v) is 12.5. The first-order valence-electron chi connectivity index (χ1n) is 12.7. The second-order valence-corrected chi connectivity index (χ2v) is 16.2. The molecule has 0 aliphatic heterocycles. The highest BCUT2D eigenvalue weighted by atomic mass is 28.4. The fourth-order valence-corrected chi connectivity index (χ4v) is 11.7. The number of hydrogen-bond donors (Lipinski definition) is 1. The third kappa shape index (κ3) is 3.72. The Bertz CT molecular complexity index is 628. The molecule has 0 bridgehead atoms. The summed E-state index contributed by atoms with van der Waals surface area (Å²) >= 11 is 0. The van der Waals surface area contributed by atoms with Crippen LogP contribution >= 0.6 is 0 Å². The van der Waals surface area contributed by atoms with Crippen LogP contribution in [-0.2, 0) is 4.43 Å². The van der Waals surface area contributed by atoms with Gasteiger partial charge in [0.1, 0.15) is 0 Å². The van der Waals surface area contributed by atoms with Crippen LogP contribution in [0.5, 0.6) is 0 Å². The van der Waals surface area contributed by atoms with Gasteiger partial charge in [0.05, 0.1) is 6.10 Å². The van der Waals surface area contributed by atoms with Gasteiger partial charge in [0, 0.05) is 6.61 Å². The molecule has 7 atom stereocenters. The molecule has 1 N–H and O–H groups in total. The minimum atomic E-state index is -1.74. The summed E-state index contributed by atoms with van der Waals surface area (Å²) in [6, 6.07) is 1.08. The second kappa shape index (κ2) is 8.09. The van der Waals surface area contributed by atoms with Crippen molar-refractivity contribution in [3.05, 3.63) is 11.6 Å². The SMILES string of the molecule is CC[C@]12CCCCC1=CC[C@@H]1[C@H]2CC[C@]2(C)C(O[Si](C)(C)CC(C)CO)CC[C@@H]12. The molecule has 3 saturated carbocycles. The Balaban J connectivity index is 1.53. The van der Waals surface area contributed by atoms with Crippen LogP contribution < -0.4 is 0 Å². The molecule has 0 aromatic rings. The molecule has 4 rings (SSSR count). The van der Waals surface area contributed by atoms with Crippen molar-refractivity contribution in [1.82, 2.24) is 0 Å². The van der Waals surface area contributed by atoms with Crippen LogP contribution in [0.25, 0.3) is 0 Å². The molecule has 2 nitrogen and oxygen atoms in total. The van der Waals surface area contributed by atoms with Gasteiger partial charge in [0.2, 0.25) is 0 Å². The van der Waals surface area contributed by atoms with Crippen LogP contribution in [0, 0.1) is 34.5 Å². The molecule has 0 heterocycles.